The molecule has 1 N–H and O–H groups in total. The van der Waals surface area contributed by atoms with Gasteiger partial charge in [0.2, 0.25) is 0 Å². The van der Waals surface area contributed by atoms with Gasteiger partial charge in [0, 0.05) is 45.0 Å². The van der Waals surface area contributed by atoms with Gasteiger partial charge in [0.15, 0.2) is 0 Å². The molecule has 2 aromatic rings. The number of hydrogen-bond acceptors (Lipinski definition) is 4. The van der Waals surface area contributed by atoms with Crippen molar-refractivity contribution >= 4 is 11.8 Å². The second-order valence-electron chi connectivity index (χ2n) is 8.60. The molecular weight excluding hydrogens is 362 g/mol. The number of carbonyl (C=O) groups is 1. The predicted octanol–water partition coefficient (Wildman–Crippen LogP) is 4.39. The molecule has 2 aromatic carbocycles. The van der Waals surface area contributed by atoms with E-state index in [1.54, 1.807) is 0 Å². The van der Waals surface area contributed by atoms with Crippen molar-refractivity contribution in [3.8, 4) is 0 Å². The molecule has 156 valence electrons. The highest BCUT2D eigenvalue weighted by Crippen LogP contribution is 2.15. The smallest absolute Gasteiger partial charge is 0.410 e. The molecule has 3 rings (SSSR count). The Hall–Kier alpha value is -2.53. The topological polar surface area (TPSA) is 44.8 Å². The number of hydrogen-bond donors (Lipinski definition) is 1. The molecule has 0 aromatic heterocycles. The first-order valence-corrected chi connectivity index (χ1v) is 10.5. The van der Waals surface area contributed by atoms with E-state index in [9.17, 15) is 4.79 Å². The lowest BCUT2D eigenvalue weighted by Crippen LogP contribution is -2.49. The summed E-state index contributed by atoms with van der Waals surface area (Å²) in [5, 5.41) is 3.49. The van der Waals surface area contributed by atoms with Crippen LogP contribution in [-0.2, 0) is 17.7 Å². The van der Waals surface area contributed by atoms with Crippen molar-refractivity contribution in [1.82, 2.24) is 9.80 Å². The summed E-state index contributed by atoms with van der Waals surface area (Å²) in [6.45, 7) is 10.7. The highest BCUT2D eigenvalue weighted by atomic mass is 16.6. The van der Waals surface area contributed by atoms with Crippen molar-refractivity contribution in [2.24, 2.45) is 0 Å². The number of benzene rings is 2. The fourth-order valence-corrected chi connectivity index (χ4v) is 3.40. The molecule has 1 aliphatic rings. The van der Waals surface area contributed by atoms with Crippen LogP contribution >= 0.6 is 0 Å². The summed E-state index contributed by atoms with van der Waals surface area (Å²) in [5.41, 5.74) is 3.36. The van der Waals surface area contributed by atoms with Crippen LogP contribution in [0.4, 0.5) is 10.5 Å². The van der Waals surface area contributed by atoms with Gasteiger partial charge in [-0.1, -0.05) is 42.5 Å². The Morgan fingerprint density at radius 3 is 2.21 bits per heavy atom. The van der Waals surface area contributed by atoms with E-state index in [2.05, 4.69) is 58.7 Å². The van der Waals surface area contributed by atoms with Gasteiger partial charge in [-0.2, -0.15) is 0 Å². The third kappa shape index (κ3) is 7.09. The fraction of sp³-hybridized carbons (Fsp3) is 0.458. The first kappa shape index (κ1) is 21.2. The number of carbonyl (C=O) groups excluding carboxylic acids is 1. The molecule has 0 saturated carbocycles. The Kier molecular flexibility index (Phi) is 7.15. The maximum atomic E-state index is 12.2. The number of nitrogens with zero attached hydrogens (tertiary/aromatic N) is 2. The van der Waals surface area contributed by atoms with Gasteiger partial charge in [-0.25, -0.2) is 4.79 Å². The van der Waals surface area contributed by atoms with E-state index in [1.807, 2.05) is 31.7 Å². The van der Waals surface area contributed by atoms with Gasteiger partial charge in [-0.15, -0.1) is 0 Å². The molecule has 0 atom stereocenters. The van der Waals surface area contributed by atoms with Gasteiger partial charge in [-0.3, -0.25) is 4.90 Å². The van der Waals surface area contributed by atoms with E-state index in [-0.39, 0.29) is 6.09 Å². The zero-order valence-corrected chi connectivity index (χ0v) is 17.9. The lowest BCUT2D eigenvalue weighted by Gasteiger charge is -2.35. The molecule has 0 spiro atoms. The Morgan fingerprint density at radius 2 is 1.59 bits per heavy atom. The van der Waals surface area contributed by atoms with E-state index in [4.69, 9.17) is 4.74 Å². The molecule has 1 heterocycles. The largest absolute Gasteiger partial charge is 0.444 e. The molecule has 1 aliphatic heterocycles. The lowest BCUT2D eigenvalue weighted by atomic mass is 10.1. The summed E-state index contributed by atoms with van der Waals surface area (Å²) in [5.74, 6) is 0. The van der Waals surface area contributed by atoms with E-state index >= 15 is 0 Å². The molecule has 1 fully saturated rings. The summed E-state index contributed by atoms with van der Waals surface area (Å²) < 4.78 is 5.47. The van der Waals surface area contributed by atoms with E-state index < -0.39 is 5.60 Å². The average molecular weight is 396 g/mol. The summed E-state index contributed by atoms with van der Waals surface area (Å²) in [7, 11) is 0. The maximum absolute atomic E-state index is 12.2. The summed E-state index contributed by atoms with van der Waals surface area (Å²) >= 11 is 0. The van der Waals surface area contributed by atoms with Crippen molar-refractivity contribution in [3.63, 3.8) is 0 Å². The van der Waals surface area contributed by atoms with Crippen LogP contribution in [0.3, 0.4) is 0 Å². The molecule has 1 saturated heterocycles. The first-order chi connectivity index (χ1) is 13.9. The Balaban J connectivity index is 1.39. The zero-order valence-electron chi connectivity index (χ0n) is 17.9. The van der Waals surface area contributed by atoms with Crippen LogP contribution in [-0.4, -0.2) is 54.2 Å². The molecule has 0 radical (unpaired) electrons. The summed E-state index contributed by atoms with van der Waals surface area (Å²) in [4.78, 5) is 16.4. The van der Waals surface area contributed by atoms with Crippen LogP contribution in [0.25, 0.3) is 0 Å². The third-order valence-corrected chi connectivity index (χ3v) is 4.97. The Labute approximate surface area is 174 Å². The van der Waals surface area contributed by atoms with Crippen LogP contribution in [0.5, 0.6) is 0 Å². The van der Waals surface area contributed by atoms with Crippen molar-refractivity contribution in [3.05, 3.63) is 65.7 Å². The zero-order chi connectivity index (χ0) is 20.7. The second kappa shape index (κ2) is 9.79. The number of amides is 1. The average Bonchev–Trinajstić information content (AvgIpc) is 2.69. The molecule has 5 heteroatoms. The molecule has 1 amide bonds. The molecular formula is C24H33N3O2. The minimum Gasteiger partial charge on any atom is -0.444 e. The Bertz CT molecular complexity index is 761. The minimum atomic E-state index is -0.439. The minimum absolute atomic E-state index is 0.205. The number of rotatable bonds is 6. The maximum Gasteiger partial charge on any atom is 0.410 e. The number of anilines is 1. The molecule has 0 unspecified atom stereocenters. The highest BCUT2D eigenvalue weighted by Gasteiger charge is 2.25. The van der Waals surface area contributed by atoms with Gasteiger partial charge in [0.1, 0.15) is 5.60 Å². The number of nitrogens with one attached hydrogen (secondary N) is 1. The van der Waals surface area contributed by atoms with Gasteiger partial charge in [-0.05, 0) is 50.5 Å². The van der Waals surface area contributed by atoms with Crippen molar-refractivity contribution in [2.75, 3.05) is 38.0 Å². The van der Waals surface area contributed by atoms with Crippen molar-refractivity contribution < 1.29 is 9.53 Å². The first-order valence-electron chi connectivity index (χ1n) is 10.5. The van der Waals surface area contributed by atoms with E-state index in [0.717, 1.165) is 38.3 Å². The van der Waals surface area contributed by atoms with Crippen molar-refractivity contribution in [2.45, 2.75) is 39.3 Å². The SMILES string of the molecule is CC(C)(C)OC(=O)N1CCN(Cc2ccc(NCCc3ccccc3)cc2)CC1. The van der Waals surface area contributed by atoms with E-state index in [0.29, 0.717) is 13.1 Å². The van der Waals surface area contributed by atoms with Gasteiger partial charge >= 0.3 is 6.09 Å². The normalized spacial score (nSPS) is 15.2. The standard InChI is InChI=1S/C24H33N3O2/c1-24(2,3)29-23(28)27-17-15-26(16-18-27)19-21-9-11-22(12-10-21)25-14-13-20-7-5-4-6-8-20/h4-12,25H,13-19H2,1-3H3. The van der Waals surface area contributed by atoms with Gasteiger partial charge in [0.25, 0.3) is 0 Å². The van der Waals surface area contributed by atoms with Gasteiger partial charge in [0.05, 0.1) is 0 Å². The quantitative estimate of drug-likeness (QED) is 0.788. The van der Waals surface area contributed by atoms with Crippen molar-refractivity contribution in [1.29, 1.82) is 0 Å². The monoisotopic (exact) mass is 395 g/mol. The fourth-order valence-electron chi connectivity index (χ4n) is 3.40. The highest BCUT2D eigenvalue weighted by molar-refractivity contribution is 5.68. The number of piperazine rings is 1. The van der Waals surface area contributed by atoms with Crippen LogP contribution in [0.2, 0.25) is 0 Å². The Morgan fingerprint density at radius 1 is 0.931 bits per heavy atom. The van der Waals surface area contributed by atoms with Crippen LogP contribution in [0.15, 0.2) is 54.6 Å². The molecule has 0 aliphatic carbocycles. The van der Waals surface area contributed by atoms with Crippen LogP contribution in [0.1, 0.15) is 31.9 Å². The molecule has 0 bridgehead atoms. The van der Waals surface area contributed by atoms with Crippen LogP contribution < -0.4 is 5.32 Å². The second-order valence-corrected chi connectivity index (χ2v) is 8.60. The molecule has 5 nitrogen and oxygen atoms in total. The van der Waals surface area contributed by atoms with E-state index in [1.165, 1.54) is 11.1 Å². The summed E-state index contributed by atoms with van der Waals surface area (Å²) in [6.07, 6.45) is 0.813. The summed E-state index contributed by atoms with van der Waals surface area (Å²) in [6, 6.07) is 19.2. The van der Waals surface area contributed by atoms with Crippen LogP contribution in [0, 0.1) is 0 Å². The number of ether oxygens (including phenoxy) is 1. The third-order valence-electron chi connectivity index (χ3n) is 4.97. The molecule has 29 heavy (non-hydrogen) atoms. The lowest BCUT2D eigenvalue weighted by molar-refractivity contribution is 0.0139. The van der Waals surface area contributed by atoms with Gasteiger partial charge < -0.3 is 15.0 Å². The predicted molar refractivity (Wildman–Crippen MR) is 118 cm³/mol.